The van der Waals surface area contributed by atoms with Crippen LogP contribution >= 0.6 is 0 Å². The van der Waals surface area contributed by atoms with Crippen molar-refractivity contribution in [1.82, 2.24) is 0 Å². The molecule has 1 heteroatoms. The Bertz CT molecular complexity index is 974. The van der Waals surface area contributed by atoms with E-state index in [4.69, 9.17) is 0 Å². The molecule has 1 saturated carbocycles. The minimum Gasteiger partial charge on any atom is -0.206 e. The molecule has 30 heavy (non-hydrogen) atoms. The van der Waals surface area contributed by atoms with E-state index in [2.05, 4.69) is 56.0 Å². The normalized spacial score (nSPS) is 18.9. The van der Waals surface area contributed by atoms with Crippen molar-refractivity contribution >= 4 is 0 Å². The Morgan fingerprint density at radius 3 is 2.07 bits per heavy atom. The molecule has 0 spiro atoms. The lowest BCUT2D eigenvalue weighted by molar-refractivity contribution is 0.376. The van der Waals surface area contributed by atoms with E-state index in [1.807, 2.05) is 24.3 Å². The van der Waals surface area contributed by atoms with Crippen molar-refractivity contribution in [1.29, 1.82) is 0 Å². The number of halogens is 1. The molecule has 0 unspecified atom stereocenters. The third-order valence-electron chi connectivity index (χ3n) is 6.59. The highest BCUT2D eigenvalue weighted by molar-refractivity contribution is 5.71. The first-order chi connectivity index (χ1) is 14.7. The first-order valence-corrected chi connectivity index (χ1v) is 11.3. The molecule has 0 nitrogen and oxygen atoms in total. The van der Waals surface area contributed by atoms with Gasteiger partial charge in [-0.25, -0.2) is 4.39 Å². The number of aryl methyl sites for hydroxylation is 1. The van der Waals surface area contributed by atoms with Crippen molar-refractivity contribution < 1.29 is 4.39 Å². The van der Waals surface area contributed by atoms with Crippen LogP contribution < -0.4 is 0 Å². The van der Waals surface area contributed by atoms with Gasteiger partial charge >= 0.3 is 0 Å². The van der Waals surface area contributed by atoms with Gasteiger partial charge in [-0.3, -0.25) is 0 Å². The van der Waals surface area contributed by atoms with Crippen LogP contribution in [-0.2, 0) is 6.42 Å². The SMILES string of the molecule is C=CC1CCC(c2ccc(-c3ccc(-c4ccc(CCC)cc4)c(F)c3)cc2)CC1. The molecular weight excluding hydrogens is 367 g/mol. The minimum absolute atomic E-state index is 0.164. The Labute approximate surface area is 180 Å². The monoisotopic (exact) mass is 398 g/mol. The quantitative estimate of drug-likeness (QED) is 0.365. The predicted octanol–water partition coefficient (Wildman–Crippen LogP) is 8.57. The Balaban J connectivity index is 1.49. The highest BCUT2D eigenvalue weighted by Crippen LogP contribution is 2.37. The zero-order valence-corrected chi connectivity index (χ0v) is 17.9. The molecule has 154 valence electrons. The molecule has 1 aliphatic carbocycles. The van der Waals surface area contributed by atoms with Gasteiger partial charge in [-0.05, 0) is 77.8 Å². The molecule has 1 aliphatic rings. The van der Waals surface area contributed by atoms with Crippen LogP contribution in [0.15, 0.2) is 79.4 Å². The Morgan fingerprint density at radius 2 is 1.47 bits per heavy atom. The molecule has 0 radical (unpaired) electrons. The highest BCUT2D eigenvalue weighted by atomic mass is 19.1. The van der Waals surface area contributed by atoms with Crippen molar-refractivity contribution in [2.24, 2.45) is 5.92 Å². The van der Waals surface area contributed by atoms with E-state index >= 15 is 0 Å². The van der Waals surface area contributed by atoms with Gasteiger partial charge < -0.3 is 0 Å². The summed E-state index contributed by atoms with van der Waals surface area (Å²) in [5.41, 5.74) is 6.31. The first-order valence-electron chi connectivity index (χ1n) is 11.3. The van der Waals surface area contributed by atoms with E-state index in [9.17, 15) is 4.39 Å². The van der Waals surface area contributed by atoms with Gasteiger partial charge in [0, 0.05) is 5.56 Å². The van der Waals surface area contributed by atoms with E-state index in [-0.39, 0.29) is 5.82 Å². The van der Waals surface area contributed by atoms with Crippen LogP contribution in [0.2, 0.25) is 0 Å². The van der Waals surface area contributed by atoms with Gasteiger partial charge in [0.1, 0.15) is 5.82 Å². The summed E-state index contributed by atoms with van der Waals surface area (Å²) in [7, 11) is 0. The second-order valence-corrected chi connectivity index (χ2v) is 8.61. The summed E-state index contributed by atoms with van der Waals surface area (Å²) >= 11 is 0. The molecule has 0 amide bonds. The zero-order chi connectivity index (χ0) is 20.9. The van der Waals surface area contributed by atoms with Crippen LogP contribution in [0.3, 0.4) is 0 Å². The van der Waals surface area contributed by atoms with E-state index in [0.717, 1.165) is 29.5 Å². The van der Waals surface area contributed by atoms with Crippen molar-refractivity contribution in [3.63, 3.8) is 0 Å². The average molecular weight is 399 g/mol. The molecule has 0 atom stereocenters. The van der Waals surface area contributed by atoms with E-state index < -0.39 is 0 Å². The van der Waals surface area contributed by atoms with Crippen molar-refractivity contribution in [2.45, 2.75) is 51.4 Å². The third-order valence-corrected chi connectivity index (χ3v) is 6.59. The molecule has 0 heterocycles. The van der Waals surface area contributed by atoms with Crippen molar-refractivity contribution in [2.75, 3.05) is 0 Å². The molecule has 0 saturated heterocycles. The van der Waals surface area contributed by atoms with E-state index in [1.165, 1.54) is 36.8 Å². The molecule has 3 aromatic rings. The summed E-state index contributed by atoms with van der Waals surface area (Å²) in [6, 6.07) is 22.6. The molecule has 3 aromatic carbocycles. The topological polar surface area (TPSA) is 0 Å². The minimum atomic E-state index is -0.164. The van der Waals surface area contributed by atoms with Gasteiger partial charge in [0.15, 0.2) is 0 Å². The average Bonchev–Trinajstić information content (AvgIpc) is 2.80. The van der Waals surface area contributed by atoms with E-state index in [0.29, 0.717) is 17.4 Å². The van der Waals surface area contributed by atoms with Gasteiger partial charge in [-0.15, -0.1) is 6.58 Å². The lowest BCUT2D eigenvalue weighted by Crippen LogP contribution is -2.11. The van der Waals surface area contributed by atoms with Crippen LogP contribution in [0.1, 0.15) is 56.1 Å². The number of hydrogen-bond acceptors (Lipinski definition) is 0. The smallest absolute Gasteiger partial charge is 0.131 e. The summed E-state index contributed by atoms with van der Waals surface area (Å²) in [6.07, 6.45) is 9.23. The zero-order valence-electron chi connectivity index (χ0n) is 17.9. The van der Waals surface area contributed by atoms with E-state index in [1.54, 1.807) is 6.07 Å². The number of hydrogen-bond donors (Lipinski definition) is 0. The van der Waals surface area contributed by atoms with Crippen LogP contribution in [0, 0.1) is 11.7 Å². The maximum Gasteiger partial charge on any atom is 0.131 e. The molecule has 0 N–H and O–H groups in total. The van der Waals surface area contributed by atoms with Crippen LogP contribution in [0.5, 0.6) is 0 Å². The fourth-order valence-electron chi connectivity index (χ4n) is 4.70. The maximum atomic E-state index is 14.9. The molecule has 0 aliphatic heterocycles. The molecule has 1 fully saturated rings. The summed E-state index contributed by atoms with van der Waals surface area (Å²) in [4.78, 5) is 0. The molecular formula is C29H31F. The van der Waals surface area contributed by atoms with Gasteiger partial charge in [0.05, 0.1) is 0 Å². The summed E-state index contributed by atoms with van der Waals surface area (Å²) in [5, 5.41) is 0. The largest absolute Gasteiger partial charge is 0.206 e. The highest BCUT2D eigenvalue weighted by Gasteiger charge is 2.20. The summed E-state index contributed by atoms with van der Waals surface area (Å²) in [5.74, 6) is 1.16. The standard InChI is InChI=1S/C29H31F/c1-3-5-22-8-12-26(13-9-22)28-19-18-27(20-29(28)30)25-16-14-24(15-17-25)23-10-6-21(4-2)7-11-23/h4,8-9,12-21,23H,2-3,5-7,10-11H2,1H3. The van der Waals surface area contributed by atoms with Gasteiger partial charge in [0.25, 0.3) is 0 Å². The second kappa shape index (κ2) is 9.43. The predicted molar refractivity (Wildman–Crippen MR) is 126 cm³/mol. The van der Waals surface area contributed by atoms with Crippen molar-refractivity contribution in [3.8, 4) is 22.3 Å². The fraction of sp³-hybridized carbons (Fsp3) is 0.310. The Hall–Kier alpha value is -2.67. The second-order valence-electron chi connectivity index (χ2n) is 8.61. The van der Waals surface area contributed by atoms with Crippen molar-refractivity contribution in [3.05, 3.63) is 96.3 Å². The molecule has 4 rings (SSSR count). The van der Waals surface area contributed by atoms with Gasteiger partial charge in [-0.2, -0.15) is 0 Å². The van der Waals surface area contributed by atoms with Gasteiger partial charge in [-0.1, -0.05) is 80.1 Å². The lowest BCUT2D eigenvalue weighted by atomic mass is 9.78. The van der Waals surface area contributed by atoms with Gasteiger partial charge in [0.2, 0.25) is 0 Å². The number of allylic oxidation sites excluding steroid dienone is 1. The first kappa shape index (κ1) is 20.6. The Kier molecular flexibility index (Phi) is 6.47. The molecule has 0 bridgehead atoms. The third kappa shape index (κ3) is 4.56. The lowest BCUT2D eigenvalue weighted by Gasteiger charge is -2.27. The fourth-order valence-corrected chi connectivity index (χ4v) is 4.70. The Morgan fingerprint density at radius 1 is 0.833 bits per heavy atom. The summed E-state index contributed by atoms with van der Waals surface area (Å²) in [6.45, 7) is 6.11. The number of benzene rings is 3. The maximum absolute atomic E-state index is 14.9. The molecule has 0 aromatic heterocycles. The summed E-state index contributed by atoms with van der Waals surface area (Å²) < 4.78 is 14.9. The van der Waals surface area contributed by atoms with Crippen LogP contribution in [0.4, 0.5) is 4.39 Å². The van der Waals surface area contributed by atoms with Crippen LogP contribution in [0.25, 0.3) is 22.3 Å². The number of rotatable bonds is 6. The van der Waals surface area contributed by atoms with Crippen LogP contribution in [-0.4, -0.2) is 0 Å².